The second kappa shape index (κ2) is 8.51. The van der Waals surface area contributed by atoms with Crippen molar-refractivity contribution < 1.29 is 17.6 Å². The van der Waals surface area contributed by atoms with Crippen LogP contribution >= 0.6 is 0 Å². The second-order valence-corrected chi connectivity index (χ2v) is 11.7. The van der Waals surface area contributed by atoms with Crippen LogP contribution < -0.4 is 5.69 Å². The molecule has 2 saturated carbocycles. The van der Waals surface area contributed by atoms with Gasteiger partial charge in [-0.2, -0.15) is 13.2 Å². The van der Waals surface area contributed by atoms with Crippen molar-refractivity contribution in [1.82, 2.24) is 28.6 Å². The van der Waals surface area contributed by atoms with Crippen molar-refractivity contribution in [2.75, 3.05) is 13.1 Å². The van der Waals surface area contributed by atoms with Gasteiger partial charge in [0.1, 0.15) is 18.0 Å². The van der Waals surface area contributed by atoms with Crippen LogP contribution in [0.2, 0.25) is 0 Å². The highest BCUT2D eigenvalue weighted by molar-refractivity contribution is 5.58. The summed E-state index contributed by atoms with van der Waals surface area (Å²) in [6.07, 6.45) is 4.90. The van der Waals surface area contributed by atoms with Gasteiger partial charge in [0.2, 0.25) is 0 Å². The molecule has 0 bridgehead atoms. The second-order valence-electron chi connectivity index (χ2n) is 11.7. The fourth-order valence-electron chi connectivity index (χ4n) is 6.40. The number of rotatable bonds is 6. The number of fused-ring (bicyclic) bond motifs is 1. The standard InChI is InChI=1S/C28H28F4N6O/c1-35-16-33-34-25(35)24(18-3-2-4-18)19-8-20(29)10-21(9-19)37-13-23-22(28(30,31)32)7-17(12-38(23)26(37)39)11-36-14-27(15-36)5-6-27/h7-10,12-13,16,18,24H,2-6,11,14-15H2,1H3/t24-/m0/s1. The first-order chi connectivity index (χ1) is 18.6. The molecule has 3 aliphatic rings. The number of benzene rings is 1. The molecule has 0 radical (unpaired) electrons. The molecule has 7 nitrogen and oxygen atoms in total. The van der Waals surface area contributed by atoms with Crippen molar-refractivity contribution in [2.24, 2.45) is 18.4 Å². The van der Waals surface area contributed by atoms with Crippen molar-refractivity contribution in [1.29, 1.82) is 0 Å². The highest BCUT2D eigenvalue weighted by atomic mass is 19.4. The molecule has 4 aromatic rings. The quantitative estimate of drug-likeness (QED) is 0.327. The van der Waals surface area contributed by atoms with Crippen molar-refractivity contribution in [3.63, 3.8) is 0 Å². The maximum absolute atomic E-state index is 15.0. The van der Waals surface area contributed by atoms with Crippen LogP contribution in [-0.2, 0) is 19.8 Å². The number of alkyl halides is 3. The number of likely N-dealkylation sites (tertiary alicyclic amines) is 1. The van der Waals surface area contributed by atoms with Crippen molar-refractivity contribution in [3.05, 3.63) is 81.8 Å². The van der Waals surface area contributed by atoms with Crippen LogP contribution in [-0.4, -0.2) is 41.7 Å². The molecule has 3 fully saturated rings. The summed E-state index contributed by atoms with van der Waals surface area (Å²) in [5.74, 6) is 0.119. The number of aryl methyl sites for hydroxylation is 1. The minimum absolute atomic E-state index is 0.179. The summed E-state index contributed by atoms with van der Waals surface area (Å²) >= 11 is 0. The van der Waals surface area contributed by atoms with Crippen LogP contribution in [0.1, 0.15) is 60.5 Å². The Bertz CT molecular complexity index is 1630. The van der Waals surface area contributed by atoms with Crippen molar-refractivity contribution in [2.45, 2.75) is 50.7 Å². The fourth-order valence-corrected chi connectivity index (χ4v) is 6.40. The summed E-state index contributed by atoms with van der Waals surface area (Å²) in [4.78, 5) is 15.6. The zero-order chi connectivity index (χ0) is 27.1. The highest BCUT2D eigenvalue weighted by Gasteiger charge is 2.52. The zero-order valence-electron chi connectivity index (χ0n) is 21.5. The Morgan fingerprint density at radius 2 is 1.87 bits per heavy atom. The predicted octanol–water partition coefficient (Wildman–Crippen LogP) is 4.90. The van der Waals surface area contributed by atoms with Crippen LogP contribution in [0.15, 0.2) is 47.8 Å². The van der Waals surface area contributed by atoms with Gasteiger partial charge in [0.05, 0.1) is 16.8 Å². The van der Waals surface area contributed by atoms with E-state index in [1.54, 1.807) is 17.0 Å². The molecule has 1 saturated heterocycles. The fraction of sp³-hybridized carbons (Fsp3) is 0.464. The van der Waals surface area contributed by atoms with Gasteiger partial charge in [0, 0.05) is 45.0 Å². The summed E-state index contributed by atoms with van der Waals surface area (Å²) in [6, 6.07) is 5.42. The third-order valence-electron chi connectivity index (χ3n) is 8.80. The average molecular weight is 541 g/mol. The number of halogens is 4. The van der Waals surface area contributed by atoms with E-state index in [2.05, 4.69) is 15.1 Å². The first-order valence-corrected chi connectivity index (χ1v) is 13.3. The largest absolute Gasteiger partial charge is 0.418 e. The summed E-state index contributed by atoms with van der Waals surface area (Å²) in [7, 11) is 1.83. The molecule has 0 amide bonds. The van der Waals surface area contributed by atoms with E-state index in [1.807, 2.05) is 7.05 Å². The van der Waals surface area contributed by atoms with E-state index in [4.69, 9.17) is 0 Å². The first kappa shape index (κ1) is 24.6. The highest BCUT2D eigenvalue weighted by Crippen LogP contribution is 2.53. The van der Waals surface area contributed by atoms with E-state index < -0.39 is 23.2 Å². The normalized spacial score (nSPS) is 19.8. The molecule has 1 spiro atoms. The Kier molecular flexibility index (Phi) is 5.36. The van der Waals surface area contributed by atoms with Gasteiger partial charge in [-0.3, -0.25) is 13.9 Å². The Morgan fingerprint density at radius 1 is 1.10 bits per heavy atom. The summed E-state index contributed by atoms with van der Waals surface area (Å²) in [5.41, 5.74) is -0.204. The third-order valence-corrected chi connectivity index (χ3v) is 8.80. The Labute approximate surface area is 221 Å². The van der Waals surface area contributed by atoms with Gasteiger partial charge < -0.3 is 4.57 Å². The number of pyridine rings is 1. The topological polar surface area (TPSA) is 60.4 Å². The van der Waals surface area contributed by atoms with Gasteiger partial charge in [-0.05, 0) is 72.4 Å². The molecule has 39 heavy (non-hydrogen) atoms. The number of imidazole rings is 1. The van der Waals surface area contributed by atoms with Crippen molar-refractivity contribution >= 4 is 5.52 Å². The van der Waals surface area contributed by atoms with Gasteiger partial charge in [-0.1, -0.05) is 6.42 Å². The number of nitrogens with zero attached hydrogens (tertiary/aromatic N) is 6. The lowest BCUT2D eigenvalue weighted by molar-refractivity contribution is -0.136. The summed E-state index contributed by atoms with van der Waals surface area (Å²) in [6.45, 7) is 2.10. The molecule has 4 heterocycles. The van der Waals surface area contributed by atoms with Crippen LogP contribution in [0.3, 0.4) is 0 Å². The van der Waals surface area contributed by atoms with Crippen LogP contribution in [0.5, 0.6) is 0 Å². The molecular weight excluding hydrogens is 512 g/mol. The molecule has 1 aromatic carbocycles. The van der Waals surface area contributed by atoms with Gasteiger partial charge in [-0.15, -0.1) is 10.2 Å². The predicted molar refractivity (Wildman–Crippen MR) is 135 cm³/mol. The molecule has 11 heteroatoms. The van der Waals surface area contributed by atoms with E-state index in [0.717, 1.165) is 53.6 Å². The van der Waals surface area contributed by atoms with Crippen LogP contribution in [0, 0.1) is 17.2 Å². The molecule has 7 rings (SSSR count). The van der Waals surface area contributed by atoms with E-state index in [1.165, 1.54) is 31.2 Å². The number of hydrogen-bond donors (Lipinski definition) is 0. The number of aromatic nitrogens is 5. The smallest absolute Gasteiger partial charge is 0.320 e. The average Bonchev–Trinajstić information content (AvgIpc) is 3.40. The van der Waals surface area contributed by atoms with E-state index >= 15 is 4.39 Å². The van der Waals surface area contributed by atoms with E-state index in [9.17, 15) is 18.0 Å². The molecule has 3 aromatic heterocycles. The van der Waals surface area contributed by atoms with Crippen molar-refractivity contribution in [3.8, 4) is 5.69 Å². The zero-order valence-corrected chi connectivity index (χ0v) is 21.5. The van der Waals surface area contributed by atoms with Gasteiger partial charge in [0.25, 0.3) is 0 Å². The summed E-state index contributed by atoms with van der Waals surface area (Å²) < 4.78 is 61.5. The van der Waals surface area contributed by atoms with Gasteiger partial charge in [0.15, 0.2) is 0 Å². The van der Waals surface area contributed by atoms with Gasteiger partial charge >= 0.3 is 11.9 Å². The minimum atomic E-state index is -4.65. The number of hydrogen-bond acceptors (Lipinski definition) is 4. The van der Waals surface area contributed by atoms with E-state index in [0.29, 0.717) is 28.9 Å². The molecule has 2 aliphatic carbocycles. The molecular formula is C28H28F4N6O. The summed E-state index contributed by atoms with van der Waals surface area (Å²) in [5, 5.41) is 8.25. The lowest BCUT2D eigenvalue weighted by atomic mass is 9.72. The SMILES string of the molecule is Cn1cnnc1[C@H](c1cc(F)cc(-n2cc3c(C(F)(F)F)cc(CN4CC5(CC5)C4)cn3c2=O)c1)C1CCC1. The van der Waals surface area contributed by atoms with Crippen LogP contribution in [0.25, 0.3) is 11.2 Å². The molecule has 0 N–H and O–H groups in total. The lowest BCUT2D eigenvalue weighted by Crippen LogP contribution is -2.47. The molecule has 1 atom stereocenters. The first-order valence-electron chi connectivity index (χ1n) is 13.3. The molecule has 204 valence electrons. The lowest BCUT2D eigenvalue weighted by Gasteiger charge is -2.40. The maximum Gasteiger partial charge on any atom is 0.418 e. The van der Waals surface area contributed by atoms with E-state index in [-0.39, 0.29) is 23.0 Å². The Morgan fingerprint density at radius 3 is 2.49 bits per heavy atom. The molecule has 0 unspecified atom stereocenters. The van der Waals surface area contributed by atoms with Crippen LogP contribution in [0.4, 0.5) is 17.6 Å². The third kappa shape index (κ3) is 4.18. The van der Waals surface area contributed by atoms with Gasteiger partial charge in [-0.25, -0.2) is 9.18 Å². The minimum Gasteiger partial charge on any atom is -0.320 e. The monoisotopic (exact) mass is 540 g/mol. The maximum atomic E-state index is 15.0. The Hall–Kier alpha value is -3.47. The Balaban J connectivity index is 1.32. The molecule has 1 aliphatic heterocycles.